The van der Waals surface area contributed by atoms with Crippen molar-refractivity contribution in [3.8, 4) is 0 Å². The van der Waals surface area contributed by atoms with Crippen LogP contribution in [0.15, 0.2) is 42.5 Å². The number of hydrogen-bond acceptors (Lipinski definition) is 1. The first kappa shape index (κ1) is 12.9. The molecule has 0 aromatic heterocycles. The molecule has 0 spiro atoms. The van der Waals surface area contributed by atoms with Gasteiger partial charge in [-0.2, -0.15) is 0 Å². The van der Waals surface area contributed by atoms with Crippen LogP contribution in [0.1, 0.15) is 55.9 Å². The van der Waals surface area contributed by atoms with Crippen LogP contribution in [0.2, 0.25) is 0 Å². The standard InChI is InChI=1S/C20H23N/c1-19(2,3)14-9-10-18-15(12-14)17-11-13-7-5-6-8-16(13)20(17,4)21-18/h5-10,12,17,21H,11H2,1-4H3/t17-,20-/m1/s1. The molecule has 0 fully saturated rings. The summed E-state index contributed by atoms with van der Waals surface area (Å²) in [6, 6.07) is 15.9. The van der Waals surface area contributed by atoms with Crippen LogP contribution in [0.4, 0.5) is 5.69 Å². The lowest BCUT2D eigenvalue weighted by atomic mass is 9.81. The van der Waals surface area contributed by atoms with Crippen LogP contribution in [-0.4, -0.2) is 0 Å². The third kappa shape index (κ3) is 1.70. The van der Waals surface area contributed by atoms with E-state index in [-0.39, 0.29) is 11.0 Å². The van der Waals surface area contributed by atoms with Gasteiger partial charge in [0.2, 0.25) is 0 Å². The van der Waals surface area contributed by atoms with Crippen LogP contribution in [0.25, 0.3) is 0 Å². The molecule has 0 radical (unpaired) electrons. The Morgan fingerprint density at radius 2 is 1.86 bits per heavy atom. The molecule has 1 aliphatic carbocycles. The van der Waals surface area contributed by atoms with Crippen molar-refractivity contribution in [1.82, 2.24) is 0 Å². The topological polar surface area (TPSA) is 12.0 Å². The van der Waals surface area contributed by atoms with Gasteiger partial charge in [-0.25, -0.2) is 0 Å². The molecule has 1 heterocycles. The van der Waals surface area contributed by atoms with Crippen molar-refractivity contribution < 1.29 is 0 Å². The van der Waals surface area contributed by atoms with E-state index < -0.39 is 0 Å². The van der Waals surface area contributed by atoms with E-state index in [0.29, 0.717) is 5.92 Å². The second kappa shape index (κ2) is 3.91. The lowest BCUT2D eigenvalue weighted by molar-refractivity contribution is 0.490. The van der Waals surface area contributed by atoms with Crippen LogP contribution in [0.5, 0.6) is 0 Å². The van der Waals surface area contributed by atoms with Gasteiger partial charge >= 0.3 is 0 Å². The van der Waals surface area contributed by atoms with E-state index >= 15 is 0 Å². The number of nitrogens with one attached hydrogen (secondary N) is 1. The number of anilines is 1. The summed E-state index contributed by atoms with van der Waals surface area (Å²) in [5.41, 5.74) is 7.51. The van der Waals surface area contributed by atoms with Crippen LogP contribution < -0.4 is 5.32 Å². The molecule has 2 aliphatic rings. The molecule has 1 aliphatic heterocycles. The summed E-state index contributed by atoms with van der Waals surface area (Å²) in [7, 11) is 0. The molecule has 2 aromatic carbocycles. The van der Waals surface area contributed by atoms with E-state index in [1.807, 2.05) is 0 Å². The average Bonchev–Trinajstić information content (AvgIpc) is 2.86. The minimum absolute atomic E-state index is 0.0649. The molecule has 2 atom stereocenters. The van der Waals surface area contributed by atoms with Gasteiger partial charge in [0.1, 0.15) is 0 Å². The molecule has 0 amide bonds. The van der Waals surface area contributed by atoms with Gasteiger partial charge in [0, 0.05) is 11.6 Å². The molecule has 0 saturated carbocycles. The maximum absolute atomic E-state index is 3.81. The van der Waals surface area contributed by atoms with Gasteiger partial charge in [0.25, 0.3) is 0 Å². The van der Waals surface area contributed by atoms with Crippen LogP contribution in [0, 0.1) is 0 Å². The van der Waals surface area contributed by atoms with E-state index in [1.165, 1.54) is 27.9 Å². The second-order valence-corrected chi connectivity index (χ2v) is 7.79. The molecule has 108 valence electrons. The van der Waals surface area contributed by atoms with E-state index in [0.717, 1.165) is 6.42 Å². The quantitative estimate of drug-likeness (QED) is 0.717. The van der Waals surface area contributed by atoms with Crippen molar-refractivity contribution in [2.45, 2.75) is 51.0 Å². The van der Waals surface area contributed by atoms with Gasteiger partial charge in [-0.3, -0.25) is 0 Å². The van der Waals surface area contributed by atoms with E-state index in [4.69, 9.17) is 0 Å². The number of hydrogen-bond donors (Lipinski definition) is 1. The maximum atomic E-state index is 3.81. The molecule has 4 rings (SSSR count). The van der Waals surface area contributed by atoms with E-state index in [2.05, 4.69) is 75.5 Å². The van der Waals surface area contributed by atoms with E-state index in [1.54, 1.807) is 0 Å². The van der Waals surface area contributed by atoms with Crippen LogP contribution in [-0.2, 0) is 17.4 Å². The fourth-order valence-corrected chi connectivity index (χ4v) is 4.10. The lowest BCUT2D eigenvalue weighted by Gasteiger charge is -2.27. The number of benzene rings is 2. The van der Waals surface area contributed by atoms with Gasteiger partial charge in [0.15, 0.2) is 0 Å². The number of fused-ring (bicyclic) bond motifs is 5. The molecule has 1 N–H and O–H groups in total. The highest BCUT2D eigenvalue weighted by atomic mass is 15.0. The molecule has 0 bridgehead atoms. The summed E-state index contributed by atoms with van der Waals surface area (Å²) in [6.07, 6.45) is 1.15. The Bertz CT molecular complexity index is 723. The third-order valence-corrected chi connectivity index (χ3v) is 5.39. The van der Waals surface area contributed by atoms with Crippen LogP contribution >= 0.6 is 0 Å². The summed E-state index contributed by atoms with van der Waals surface area (Å²) in [4.78, 5) is 0. The fraction of sp³-hybridized carbons (Fsp3) is 0.400. The molecule has 0 saturated heterocycles. The SMILES string of the molecule is CC(C)(C)c1ccc2c(c1)[C@H]1Cc3ccccc3[C@@]1(C)N2. The smallest absolute Gasteiger partial charge is 0.0672 e. The van der Waals surface area contributed by atoms with Crippen molar-refractivity contribution in [3.63, 3.8) is 0 Å². The molecule has 2 aromatic rings. The average molecular weight is 277 g/mol. The first-order valence-corrected chi connectivity index (χ1v) is 7.90. The van der Waals surface area contributed by atoms with Crippen molar-refractivity contribution in [2.24, 2.45) is 0 Å². The Kier molecular flexibility index (Phi) is 2.41. The maximum Gasteiger partial charge on any atom is 0.0672 e. The lowest BCUT2D eigenvalue weighted by Crippen LogP contribution is -2.29. The molecular formula is C20H23N. The minimum atomic E-state index is 0.0649. The Hall–Kier alpha value is -1.76. The highest BCUT2D eigenvalue weighted by Gasteiger charge is 2.49. The third-order valence-electron chi connectivity index (χ3n) is 5.39. The normalized spacial score (nSPS) is 26.0. The Morgan fingerprint density at radius 1 is 1.10 bits per heavy atom. The second-order valence-electron chi connectivity index (χ2n) is 7.79. The largest absolute Gasteiger partial charge is 0.375 e. The summed E-state index contributed by atoms with van der Waals surface area (Å²) in [5, 5.41) is 3.81. The highest BCUT2D eigenvalue weighted by Crippen LogP contribution is 2.55. The zero-order valence-corrected chi connectivity index (χ0v) is 13.3. The van der Waals surface area contributed by atoms with E-state index in [9.17, 15) is 0 Å². The molecule has 21 heavy (non-hydrogen) atoms. The number of rotatable bonds is 0. The Labute approximate surface area is 127 Å². The first-order valence-electron chi connectivity index (χ1n) is 7.90. The van der Waals surface area contributed by atoms with Gasteiger partial charge in [-0.05, 0) is 47.1 Å². The predicted molar refractivity (Wildman–Crippen MR) is 89.0 cm³/mol. The van der Waals surface area contributed by atoms with Gasteiger partial charge in [-0.15, -0.1) is 0 Å². The summed E-state index contributed by atoms with van der Waals surface area (Å²) in [5.74, 6) is 0.562. The van der Waals surface area contributed by atoms with Gasteiger partial charge in [-0.1, -0.05) is 57.2 Å². The van der Waals surface area contributed by atoms with Crippen LogP contribution in [0.3, 0.4) is 0 Å². The zero-order valence-electron chi connectivity index (χ0n) is 13.3. The zero-order chi connectivity index (χ0) is 14.8. The van der Waals surface area contributed by atoms with Crippen molar-refractivity contribution in [3.05, 3.63) is 64.7 Å². The highest BCUT2D eigenvalue weighted by molar-refractivity contribution is 5.67. The molecule has 1 heteroatoms. The fourth-order valence-electron chi connectivity index (χ4n) is 4.10. The predicted octanol–water partition coefficient (Wildman–Crippen LogP) is 4.96. The van der Waals surface area contributed by atoms with Crippen molar-refractivity contribution >= 4 is 5.69 Å². The van der Waals surface area contributed by atoms with Gasteiger partial charge < -0.3 is 5.32 Å². The summed E-state index contributed by atoms with van der Waals surface area (Å²) >= 11 is 0. The Morgan fingerprint density at radius 3 is 2.62 bits per heavy atom. The Balaban J connectivity index is 1.84. The molecule has 1 nitrogen and oxygen atoms in total. The summed E-state index contributed by atoms with van der Waals surface area (Å²) < 4.78 is 0. The molecule has 0 unspecified atom stereocenters. The van der Waals surface area contributed by atoms with Crippen molar-refractivity contribution in [1.29, 1.82) is 0 Å². The first-order chi connectivity index (χ1) is 9.89. The monoisotopic (exact) mass is 277 g/mol. The molecular weight excluding hydrogens is 254 g/mol. The van der Waals surface area contributed by atoms with Gasteiger partial charge in [0.05, 0.1) is 5.54 Å². The van der Waals surface area contributed by atoms with Crippen molar-refractivity contribution in [2.75, 3.05) is 5.32 Å². The summed E-state index contributed by atoms with van der Waals surface area (Å²) in [6.45, 7) is 9.24. The minimum Gasteiger partial charge on any atom is -0.375 e.